The molecule has 0 bridgehead atoms. The van der Waals surface area contributed by atoms with E-state index in [0.717, 1.165) is 25.4 Å². The fraction of sp³-hybridized carbons (Fsp3) is 0.900. The lowest BCUT2D eigenvalue weighted by Gasteiger charge is -2.14. The number of carbonyl (C=O) groups is 1. The largest absolute Gasteiger partial charge is 0.303 e. The fourth-order valence-corrected chi connectivity index (χ4v) is 1.40. The van der Waals surface area contributed by atoms with Crippen molar-refractivity contribution in [3.05, 3.63) is 0 Å². The van der Waals surface area contributed by atoms with Gasteiger partial charge in [-0.15, -0.1) is 0 Å². The Hall–Kier alpha value is -0.370. The molecule has 0 radical (unpaired) electrons. The zero-order chi connectivity index (χ0) is 8.97. The molecule has 0 aromatic carbocycles. The highest BCUT2D eigenvalue weighted by Crippen LogP contribution is 2.25. The second-order valence-corrected chi connectivity index (χ2v) is 3.71. The van der Waals surface area contributed by atoms with E-state index in [4.69, 9.17) is 0 Å². The molecule has 1 fully saturated rings. The van der Waals surface area contributed by atoms with Crippen molar-refractivity contribution in [1.82, 2.24) is 4.90 Å². The van der Waals surface area contributed by atoms with Crippen LogP contribution in [0.5, 0.6) is 0 Å². The Kier molecular flexibility index (Phi) is 3.73. The molecule has 1 aliphatic rings. The first-order valence-corrected chi connectivity index (χ1v) is 4.96. The highest BCUT2D eigenvalue weighted by Gasteiger charge is 2.25. The van der Waals surface area contributed by atoms with Crippen molar-refractivity contribution in [1.29, 1.82) is 0 Å². The van der Waals surface area contributed by atoms with Gasteiger partial charge in [-0.25, -0.2) is 0 Å². The minimum absolute atomic E-state index is 0.402. The van der Waals surface area contributed by atoms with Crippen LogP contribution in [0.2, 0.25) is 0 Å². The fourth-order valence-electron chi connectivity index (χ4n) is 1.40. The molecule has 2 nitrogen and oxygen atoms in total. The third-order valence-electron chi connectivity index (χ3n) is 2.53. The molecule has 2 heteroatoms. The Morgan fingerprint density at radius 2 is 2.17 bits per heavy atom. The molecule has 0 aliphatic heterocycles. The minimum atomic E-state index is 0.402. The Labute approximate surface area is 74.9 Å². The lowest BCUT2D eigenvalue weighted by molar-refractivity contribution is -0.118. The van der Waals surface area contributed by atoms with Gasteiger partial charge in [-0.2, -0.15) is 0 Å². The van der Waals surface area contributed by atoms with Crippen LogP contribution in [0.4, 0.5) is 0 Å². The van der Waals surface area contributed by atoms with Crippen LogP contribution in [-0.2, 0) is 4.79 Å². The summed E-state index contributed by atoms with van der Waals surface area (Å²) in [6, 6.07) is 0.835. The Morgan fingerprint density at radius 3 is 2.67 bits per heavy atom. The molecule has 12 heavy (non-hydrogen) atoms. The second kappa shape index (κ2) is 4.61. The summed E-state index contributed by atoms with van der Waals surface area (Å²) in [6.45, 7) is 3.03. The van der Waals surface area contributed by atoms with Crippen molar-refractivity contribution in [3.63, 3.8) is 0 Å². The molecule has 0 N–H and O–H groups in total. The van der Waals surface area contributed by atoms with Crippen molar-refractivity contribution in [2.45, 2.75) is 45.1 Å². The van der Waals surface area contributed by atoms with Crippen LogP contribution in [0.15, 0.2) is 0 Å². The summed E-state index contributed by atoms with van der Waals surface area (Å²) in [5, 5.41) is 0. The van der Waals surface area contributed by atoms with Crippen LogP contribution < -0.4 is 0 Å². The van der Waals surface area contributed by atoms with Gasteiger partial charge in [-0.05, 0) is 32.9 Å². The molecule has 0 aromatic heterocycles. The van der Waals surface area contributed by atoms with Gasteiger partial charge in [0.25, 0.3) is 0 Å². The molecule has 0 spiro atoms. The van der Waals surface area contributed by atoms with E-state index in [2.05, 4.69) is 11.9 Å². The van der Waals surface area contributed by atoms with Crippen LogP contribution in [-0.4, -0.2) is 30.3 Å². The van der Waals surface area contributed by atoms with Gasteiger partial charge in [0.05, 0.1) is 0 Å². The van der Waals surface area contributed by atoms with Crippen LogP contribution in [0.3, 0.4) is 0 Å². The van der Waals surface area contributed by atoms with Gasteiger partial charge < -0.3 is 4.90 Å². The number of carbonyl (C=O) groups excluding carboxylic acids is 1. The topological polar surface area (TPSA) is 20.3 Å². The molecular formula is C10H19NO. The zero-order valence-electron chi connectivity index (χ0n) is 8.18. The van der Waals surface area contributed by atoms with E-state index in [1.165, 1.54) is 12.8 Å². The summed E-state index contributed by atoms with van der Waals surface area (Å²) in [5.74, 6) is 0.402. The zero-order valence-corrected chi connectivity index (χ0v) is 8.18. The molecule has 0 unspecified atom stereocenters. The van der Waals surface area contributed by atoms with Crippen molar-refractivity contribution in [3.8, 4) is 0 Å². The van der Waals surface area contributed by atoms with Crippen molar-refractivity contribution in [2.24, 2.45) is 0 Å². The van der Waals surface area contributed by atoms with Crippen LogP contribution in [0.1, 0.15) is 39.0 Å². The Morgan fingerprint density at radius 1 is 1.50 bits per heavy atom. The molecule has 0 atom stereocenters. The van der Waals surface area contributed by atoms with Crippen LogP contribution in [0.25, 0.3) is 0 Å². The number of ketones is 1. The van der Waals surface area contributed by atoms with Gasteiger partial charge in [0.1, 0.15) is 5.78 Å². The van der Waals surface area contributed by atoms with Crippen molar-refractivity contribution in [2.75, 3.05) is 13.6 Å². The van der Waals surface area contributed by atoms with Gasteiger partial charge >= 0.3 is 0 Å². The highest BCUT2D eigenvalue weighted by atomic mass is 16.1. The second-order valence-electron chi connectivity index (χ2n) is 3.71. The summed E-state index contributed by atoms with van der Waals surface area (Å²) in [7, 11) is 2.16. The summed E-state index contributed by atoms with van der Waals surface area (Å²) < 4.78 is 0. The van der Waals surface area contributed by atoms with Crippen LogP contribution >= 0.6 is 0 Å². The van der Waals surface area contributed by atoms with E-state index >= 15 is 0 Å². The predicted octanol–water partition coefficient (Wildman–Crippen LogP) is 1.84. The Bertz CT molecular complexity index is 152. The third kappa shape index (κ3) is 3.35. The molecule has 70 valence electrons. The Balaban J connectivity index is 1.97. The first kappa shape index (κ1) is 9.72. The maximum Gasteiger partial charge on any atom is 0.132 e. The molecule has 1 rings (SSSR count). The first-order valence-electron chi connectivity index (χ1n) is 4.96. The van der Waals surface area contributed by atoms with E-state index in [-0.39, 0.29) is 0 Å². The maximum atomic E-state index is 11.0. The molecular weight excluding hydrogens is 150 g/mol. The molecule has 1 aliphatic carbocycles. The summed E-state index contributed by atoms with van der Waals surface area (Å²) >= 11 is 0. The number of hydrogen-bond acceptors (Lipinski definition) is 2. The third-order valence-corrected chi connectivity index (χ3v) is 2.53. The van der Waals surface area contributed by atoms with E-state index in [0.29, 0.717) is 12.2 Å². The maximum absolute atomic E-state index is 11.0. The highest BCUT2D eigenvalue weighted by molar-refractivity contribution is 5.77. The predicted molar refractivity (Wildman–Crippen MR) is 50.2 cm³/mol. The first-order chi connectivity index (χ1) is 5.74. The standard InChI is InChI=1S/C10H19NO/c1-3-10(12)5-4-8-11(2)9-6-7-9/h9H,3-8H2,1-2H3. The summed E-state index contributed by atoms with van der Waals surface area (Å²) in [5.41, 5.74) is 0. The molecule has 0 saturated heterocycles. The number of Topliss-reactive ketones (excluding diaryl/α,β-unsaturated/α-hetero) is 1. The molecule has 1 saturated carbocycles. The molecule has 0 amide bonds. The van der Waals surface area contributed by atoms with E-state index < -0.39 is 0 Å². The van der Waals surface area contributed by atoms with Gasteiger partial charge in [-0.3, -0.25) is 4.79 Å². The average Bonchev–Trinajstić information content (AvgIpc) is 2.86. The lowest BCUT2D eigenvalue weighted by Crippen LogP contribution is -2.22. The summed E-state index contributed by atoms with van der Waals surface area (Å²) in [4.78, 5) is 13.3. The normalized spacial score (nSPS) is 16.9. The minimum Gasteiger partial charge on any atom is -0.303 e. The van der Waals surface area contributed by atoms with Gasteiger partial charge in [0.15, 0.2) is 0 Å². The van der Waals surface area contributed by atoms with Crippen LogP contribution in [0, 0.1) is 0 Å². The van der Waals surface area contributed by atoms with Gasteiger partial charge in [0.2, 0.25) is 0 Å². The summed E-state index contributed by atoms with van der Waals surface area (Å²) in [6.07, 6.45) is 5.23. The number of nitrogens with zero attached hydrogens (tertiary/aromatic N) is 1. The smallest absolute Gasteiger partial charge is 0.132 e. The van der Waals surface area contributed by atoms with Crippen molar-refractivity contribution >= 4 is 5.78 Å². The molecule has 0 aromatic rings. The molecule has 0 heterocycles. The number of hydrogen-bond donors (Lipinski definition) is 0. The van der Waals surface area contributed by atoms with Gasteiger partial charge in [-0.1, -0.05) is 6.92 Å². The monoisotopic (exact) mass is 169 g/mol. The van der Waals surface area contributed by atoms with E-state index in [1.807, 2.05) is 6.92 Å². The number of rotatable bonds is 6. The SMILES string of the molecule is CCC(=O)CCCN(C)C1CC1. The quantitative estimate of drug-likeness (QED) is 0.604. The average molecular weight is 169 g/mol. The van der Waals surface area contributed by atoms with Gasteiger partial charge in [0, 0.05) is 18.9 Å². The van der Waals surface area contributed by atoms with E-state index in [9.17, 15) is 4.79 Å². The lowest BCUT2D eigenvalue weighted by atomic mass is 10.2. The van der Waals surface area contributed by atoms with E-state index in [1.54, 1.807) is 0 Å². The van der Waals surface area contributed by atoms with Crippen molar-refractivity contribution < 1.29 is 4.79 Å².